The summed E-state index contributed by atoms with van der Waals surface area (Å²) in [6, 6.07) is 24.0. The van der Waals surface area contributed by atoms with Gasteiger partial charge in [-0.1, -0.05) is 67.0 Å². The maximum absolute atomic E-state index is 6.22. The van der Waals surface area contributed by atoms with Crippen molar-refractivity contribution < 1.29 is 56.2 Å². The Morgan fingerprint density at radius 1 is 0.364 bits per heavy atom. The van der Waals surface area contributed by atoms with Crippen molar-refractivity contribution in [3.63, 3.8) is 0 Å². The molecule has 0 amide bonds. The van der Waals surface area contributed by atoms with E-state index in [9.17, 15) is 0 Å². The number of nitrogens with zero attached hydrogens (tertiary/aromatic N) is 8. The molecule has 0 radical (unpaired) electrons. The molecule has 0 aliphatic carbocycles. The Hall–Kier alpha value is -4.88. The SMILES string of the molecule is C.CC1(C)OB(B2OC(C)(C)C(C)(C)O2)OC1(C)C.CC1(C)OB(c2cccc3c2cnn3C2CCCCO2)OC1(C)C.CC1(C)OB(c2cccc3nn(C4CCCCO4)cc23)OC1(C)C.Clc1cccc2c1cnn2C1CCCCO1.Clc1cccc2nn(C3CCCCO3)cc12. The molecule has 4 aromatic heterocycles. The summed E-state index contributed by atoms with van der Waals surface area (Å²) in [5, 5.41) is 23.9. The molecule has 534 valence electrons. The quantitative estimate of drug-likeness (QED) is 0.137. The number of halogens is 2. The molecule has 4 unspecified atom stereocenters. The molecule has 8 saturated heterocycles. The largest absolute Gasteiger partial charge is 0.495 e. The number of hydrogen-bond acceptors (Lipinski definition) is 16. The summed E-state index contributed by atoms with van der Waals surface area (Å²) >= 11 is 12.2. The van der Waals surface area contributed by atoms with Gasteiger partial charge < -0.3 is 56.2 Å². The van der Waals surface area contributed by atoms with Gasteiger partial charge >= 0.3 is 28.3 Å². The molecule has 0 spiro atoms. The molecule has 12 heterocycles. The summed E-state index contributed by atoms with van der Waals surface area (Å²) in [6.07, 6.45) is 21.4. The fourth-order valence-corrected chi connectivity index (χ4v) is 13.5. The minimum atomic E-state index is -0.476. The summed E-state index contributed by atoms with van der Waals surface area (Å²) in [4.78, 5) is 0. The van der Waals surface area contributed by atoms with E-state index in [2.05, 4.69) is 95.1 Å². The van der Waals surface area contributed by atoms with Crippen molar-refractivity contribution in [1.82, 2.24) is 39.1 Å². The summed E-state index contributed by atoms with van der Waals surface area (Å²) in [7, 11) is -1.70. The first-order valence-corrected chi connectivity index (χ1v) is 36.2. The Labute approximate surface area is 597 Å². The smallest absolute Gasteiger partial charge is 0.405 e. The molecule has 0 bridgehead atoms. The first kappa shape index (κ1) is 75.3. The van der Waals surface area contributed by atoms with Crippen LogP contribution in [0, 0.1) is 0 Å². The van der Waals surface area contributed by atoms with E-state index >= 15 is 0 Å². The van der Waals surface area contributed by atoms with Gasteiger partial charge in [0.1, 0.15) is 12.5 Å². The van der Waals surface area contributed by atoms with Gasteiger partial charge in [0, 0.05) is 60.4 Å². The molecular formula is C73H104B4Cl2N8O12. The number of benzene rings is 4. The second-order valence-corrected chi connectivity index (χ2v) is 31.8. The van der Waals surface area contributed by atoms with E-state index in [1.54, 1.807) is 0 Å². The lowest BCUT2D eigenvalue weighted by Gasteiger charge is -2.32. The van der Waals surface area contributed by atoms with Gasteiger partial charge in [0.2, 0.25) is 0 Å². The zero-order valence-corrected chi connectivity index (χ0v) is 61.9. The normalized spacial score (nSPS) is 25.4. The molecule has 8 aliphatic heterocycles. The molecule has 8 fully saturated rings. The van der Waals surface area contributed by atoms with Gasteiger partial charge in [-0.2, -0.15) is 20.4 Å². The van der Waals surface area contributed by atoms with Crippen LogP contribution in [0.3, 0.4) is 0 Å². The van der Waals surface area contributed by atoms with E-state index in [0.29, 0.717) is 0 Å². The van der Waals surface area contributed by atoms with Crippen molar-refractivity contribution >= 4 is 106 Å². The number of aromatic nitrogens is 8. The fraction of sp³-hybridized carbons (Fsp3) is 0.616. The monoisotopic (exact) mass is 1400 g/mol. The van der Waals surface area contributed by atoms with Crippen LogP contribution in [0.15, 0.2) is 97.6 Å². The first-order valence-electron chi connectivity index (χ1n) is 35.4. The highest BCUT2D eigenvalue weighted by Gasteiger charge is 2.64. The van der Waals surface area contributed by atoms with Crippen LogP contribution in [0.1, 0.15) is 220 Å². The zero-order valence-electron chi connectivity index (χ0n) is 60.4. The van der Waals surface area contributed by atoms with Crippen LogP contribution >= 0.6 is 23.2 Å². The molecule has 20 nitrogen and oxygen atoms in total. The number of ether oxygens (including phenoxy) is 4. The third-order valence-electron chi connectivity index (χ3n) is 21.9. The van der Waals surface area contributed by atoms with Gasteiger partial charge in [0.05, 0.1) is 89.3 Å². The van der Waals surface area contributed by atoms with Gasteiger partial charge in [-0.05, 0) is 235 Å². The van der Waals surface area contributed by atoms with Crippen LogP contribution in [-0.2, 0) is 56.2 Å². The van der Waals surface area contributed by atoms with Crippen LogP contribution in [0.25, 0.3) is 43.6 Å². The van der Waals surface area contributed by atoms with E-state index < -0.39 is 14.0 Å². The van der Waals surface area contributed by atoms with Gasteiger partial charge in [-0.15, -0.1) is 0 Å². The predicted octanol–water partition coefficient (Wildman–Crippen LogP) is 15.7. The van der Waals surface area contributed by atoms with Crippen molar-refractivity contribution in [3.05, 3.63) is 108 Å². The molecule has 0 saturated carbocycles. The third kappa shape index (κ3) is 15.8. The average Bonchev–Trinajstić information content (AvgIpc) is 1.62. The van der Waals surface area contributed by atoms with E-state index in [0.717, 1.165) is 142 Å². The predicted molar refractivity (Wildman–Crippen MR) is 395 cm³/mol. The first-order chi connectivity index (χ1) is 46.3. The third-order valence-corrected chi connectivity index (χ3v) is 22.6. The topological polar surface area (TPSA) is 182 Å². The number of rotatable bonds is 7. The summed E-state index contributed by atoms with van der Waals surface area (Å²) < 4.78 is 79.7. The van der Waals surface area contributed by atoms with Crippen LogP contribution in [0.5, 0.6) is 0 Å². The van der Waals surface area contributed by atoms with Crippen molar-refractivity contribution in [2.75, 3.05) is 26.4 Å². The van der Waals surface area contributed by atoms with E-state index in [1.165, 1.54) is 25.7 Å². The molecule has 16 rings (SSSR count). The van der Waals surface area contributed by atoms with Crippen molar-refractivity contribution in [1.29, 1.82) is 0 Å². The minimum absolute atomic E-state index is 0. The highest BCUT2D eigenvalue weighted by atomic mass is 35.5. The molecule has 99 heavy (non-hydrogen) atoms. The lowest BCUT2D eigenvalue weighted by atomic mass is 9.49. The molecule has 4 aromatic carbocycles. The maximum Gasteiger partial charge on any atom is 0.495 e. The minimum Gasteiger partial charge on any atom is -0.405 e. The molecule has 4 atom stereocenters. The van der Waals surface area contributed by atoms with Crippen LogP contribution in [0.2, 0.25) is 10.0 Å². The molecule has 8 aliphatic rings. The zero-order chi connectivity index (χ0) is 69.8. The van der Waals surface area contributed by atoms with Crippen LogP contribution in [-0.4, -0.2) is 139 Å². The molecule has 26 heteroatoms. The van der Waals surface area contributed by atoms with Crippen molar-refractivity contribution in [3.8, 4) is 0 Å². The van der Waals surface area contributed by atoms with E-state index in [1.807, 2.05) is 147 Å². The number of fused-ring (bicyclic) bond motifs is 4. The summed E-state index contributed by atoms with van der Waals surface area (Å²) in [5.41, 5.74) is 3.27. The highest BCUT2D eigenvalue weighted by Crippen LogP contribution is 2.44. The summed E-state index contributed by atoms with van der Waals surface area (Å²) in [5.74, 6) is 0. The van der Waals surface area contributed by atoms with E-state index in [-0.39, 0.29) is 91.4 Å². The van der Waals surface area contributed by atoms with Crippen molar-refractivity contribution in [2.24, 2.45) is 0 Å². The lowest BCUT2D eigenvalue weighted by molar-refractivity contribution is -0.0391. The molecule has 8 aromatic rings. The Balaban J connectivity index is 0.000000126. The van der Waals surface area contributed by atoms with Gasteiger partial charge in [-0.3, -0.25) is 0 Å². The Morgan fingerprint density at radius 3 is 1.07 bits per heavy atom. The second-order valence-electron chi connectivity index (χ2n) is 31.0. The highest BCUT2D eigenvalue weighted by molar-refractivity contribution is 7.11. The Bertz CT molecular complexity index is 3880. The van der Waals surface area contributed by atoms with Gasteiger partial charge in [0.15, 0.2) is 12.5 Å². The Kier molecular flexibility index (Phi) is 22.6. The molecular weight excluding hydrogens is 1300 g/mol. The molecule has 0 N–H and O–H groups in total. The van der Waals surface area contributed by atoms with Crippen LogP contribution in [0.4, 0.5) is 0 Å². The maximum atomic E-state index is 6.22. The average molecular weight is 1400 g/mol. The van der Waals surface area contributed by atoms with Gasteiger partial charge in [0.25, 0.3) is 0 Å². The van der Waals surface area contributed by atoms with Crippen LogP contribution < -0.4 is 10.9 Å². The lowest BCUT2D eigenvalue weighted by Crippen LogP contribution is -2.41. The standard InChI is InChI=1S/2C18H25BN2O3.C12H24B2O4.2C12H13ClN2O.CH4/c1-17(2)18(3,4)24-19(23-17)14-8-7-9-15-13(14)12-21(20-15)16-10-5-6-11-22-16;1-17(2)18(3,4)24-19(23-17)14-8-7-9-15-13(14)12-20-21(15)16-10-5-6-11-22-16;1-9(2)10(3,4)16-13(15-9)14-17-11(5,6)12(7,8)18-14;13-10-4-3-5-11-9(10)8-15(14-11)12-6-1-2-7-16-12;13-10-4-3-5-11-9(10)8-14-15(11)12-6-1-2-7-16-12;/h2*7-9,12,16H,5-6,10-11H2,1-4H3;1-8H3;2*3-5,8,12H,1-2,6-7H2;1H4. The summed E-state index contributed by atoms with van der Waals surface area (Å²) in [6.45, 7) is 36.1. The fourth-order valence-electron chi connectivity index (χ4n) is 13.0. The number of hydrogen-bond donors (Lipinski definition) is 0. The second kappa shape index (κ2) is 29.7. The van der Waals surface area contributed by atoms with Gasteiger partial charge in [-0.25, -0.2) is 18.7 Å². The van der Waals surface area contributed by atoms with E-state index in [4.69, 9.17) is 84.5 Å². The van der Waals surface area contributed by atoms with Crippen molar-refractivity contribution in [2.45, 2.75) is 265 Å². The Morgan fingerprint density at radius 2 is 0.677 bits per heavy atom.